The molecule has 0 spiro atoms. The normalized spacial score (nSPS) is 10.1. The molecule has 1 heterocycles. The number of aromatic amines is 1. The van der Waals surface area contributed by atoms with Crippen LogP contribution in [0.2, 0.25) is 0 Å². The number of benzene rings is 1. The van der Waals surface area contributed by atoms with E-state index >= 15 is 0 Å². The summed E-state index contributed by atoms with van der Waals surface area (Å²) in [6.45, 7) is 0. The second kappa shape index (κ2) is 3.96. The van der Waals surface area contributed by atoms with Crippen LogP contribution >= 0.6 is 0 Å². The van der Waals surface area contributed by atoms with Crippen molar-refractivity contribution in [3.63, 3.8) is 0 Å². The molecule has 0 aliphatic heterocycles. The standard InChI is InChI=1S/C11H10N2O2/c14-11(15)10-12-7-9(13-10)6-8-4-2-1-3-5-8/h1-5,7H,6H2,(H,12,13)(H,14,15). The lowest BCUT2D eigenvalue weighted by Gasteiger charge is -1.96. The fraction of sp³-hybridized carbons (Fsp3) is 0.0909. The fourth-order valence-corrected chi connectivity index (χ4v) is 1.37. The zero-order valence-corrected chi connectivity index (χ0v) is 7.97. The molecule has 0 aliphatic carbocycles. The second-order valence-electron chi connectivity index (χ2n) is 3.22. The molecule has 0 unspecified atom stereocenters. The molecule has 76 valence electrons. The fourth-order valence-electron chi connectivity index (χ4n) is 1.37. The van der Waals surface area contributed by atoms with Crippen LogP contribution in [0.5, 0.6) is 0 Å². The van der Waals surface area contributed by atoms with Crippen LogP contribution in [0.4, 0.5) is 0 Å². The number of carbonyl (C=O) groups is 1. The highest BCUT2D eigenvalue weighted by atomic mass is 16.4. The summed E-state index contributed by atoms with van der Waals surface area (Å²) in [6, 6.07) is 9.81. The van der Waals surface area contributed by atoms with E-state index in [9.17, 15) is 4.79 Å². The summed E-state index contributed by atoms with van der Waals surface area (Å²) in [6.07, 6.45) is 2.22. The van der Waals surface area contributed by atoms with Crippen molar-refractivity contribution < 1.29 is 9.90 Å². The van der Waals surface area contributed by atoms with Gasteiger partial charge in [0, 0.05) is 18.3 Å². The van der Waals surface area contributed by atoms with Gasteiger partial charge in [0.1, 0.15) is 0 Å². The van der Waals surface area contributed by atoms with Gasteiger partial charge >= 0.3 is 5.97 Å². The molecule has 1 aromatic heterocycles. The van der Waals surface area contributed by atoms with Crippen LogP contribution in [-0.4, -0.2) is 21.0 Å². The number of imidazole rings is 1. The predicted molar refractivity (Wildman–Crippen MR) is 54.8 cm³/mol. The summed E-state index contributed by atoms with van der Waals surface area (Å²) in [4.78, 5) is 17.1. The van der Waals surface area contributed by atoms with Gasteiger partial charge in [0.25, 0.3) is 0 Å². The molecule has 0 fully saturated rings. The van der Waals surface area contributed by atoms with E-state index in [1.54, 1.807) is 6.20 Å². The van der Waals surface area contributed by atoms with Crippen molar-refractivity contribution in [3.8, 4) is 0 Å². The van der Waals surface area contributed by atoms with Crippen molar-refractivity contribution >= 4 is 5.97 Å². The maximum atomic E-state index is 10.6. The number of aromatic carboxylic acids is 1. The van der Waals surface area contributed by atoms with Crippen molar-refractivity contribution in [3.05, 3.63) is 53.6 Å². The molecule has 2 aromatic rings. The summed E-state index contributed by atoms with van der Waals surface area (Å²) in [7, 11) is 0. The van der Waals surface area contributed by atoms with Gasteiger partial charge in [-0.1, -0.05) is 30.3 Å². The Hall–Kier alpha value is -2.10. The number of hydrogen-bond acceptors (Lipinski definition) is 2. The Kier molecular flexibility index (Phi) is 2.49. The smallest absolute Gasteiger partial charge is 0.371 e. The van der Waals surface area contributed by atoms with Crippen molar-refractivity contribution in [2.45, 2.75) is 6.42 Å². The summed E-state index contributed by atoms with van der Waals surface area (Å²) in [5.74, 6) is -1.05. The Bertz CT molecular complexity index is 462. The summed E-state index contributed by atoms with van der Waals surface area (Å²) in [5, 5.41) is 8.67. The molecule has 0 radical (unpaired) electrons. The molecule has 0 atom stereocenters. The van der Waals surface area contributed by atoms with Crippen LogP contribution in [0, 0.1) is 0 Å². The van der Waals surface area contributed by atoms with E-state index in [-0.39, 0.29) is 5.82 Å². The third kappa shape index (κ3) is 2.22. The van der Waals surface area contributed by atoms with Crippen molar-refractivity contribution in [1.29, 1.82) is 0 Å². The zero-order valence-electron chi connectivity index (χ0n) is 7.97. The highest BCUT2D eigenvalue weighted by Crippen LogP contribution is 2.06. The average molecular weight is 202 g/mol. The number of nitrogens with zero attached hydrogens (tertiary/aromatic N) is 1. The van der Waals surface area contributed by atoms with Crippen LogP contribution in [0.15, 0.2) is 36.5 Å². The van der Waals surface area contributed by atoms with E-state index in [1.165, 1.54) is 0 Å². The molecule has 2 rings (SSSR count). The van der Waals surface area contributed by atoms with E-state index in [0.717, 1.165) is 11.3 Å². The van der Waals surface area contributed by atoms with E-state index in [4.69, 9.17) is 5.11 Å². The van der Waals surface area contributed by atoms with Crippen LogP contribution in [0.25, 0.3) is 0 Å². The lowest BCUT2D eigenvalue weighted by Crippen LogP contribution is -1.98. The minimum Gasteiger partial charge on any atom is -0.475 e. The van der Waals surface area contributed by atoms with Gasteiger partial charge in [0.2, 0.25) is 5.82 Å². The minimum atomic E-state index is -1.03. The highest BCUT2D eigenvalue weighted by Gasteiger charge is 2.07. The first-order valence-corrected chi connectivity index (χ1v) is 4.57. The van der Waals surface area contributed by atoms with Crippen LogP contribution in [0.1, 0.15) is 21.9 Å². The molecule has 0 saturated heterocycles. The molecule has 0 bridgehead atoms. The van der Waals surface area contributed by atoms with Crippen LogP contribution in [0.3, 0.4) is 0 Å². The third-order valence-electron chi connectivity index (χ3n) is 2.07. The van der Waals surface area contributed by atoms with Crippen molar-refractivity contribution in [1.82, 2.24) is 9.97 Å². The predicted octanol–water partition coefficient (Wildman–Crippen LogP) is 1.70. The first kappa shape index (κ1) is 9.45. The molecule has 0 amide bonds. The summed E-state index contributed by atoms with van der Waals surface area (Å²) >= 11 is 0. The lowest BCUT2D eigenvalue weighted by molar-refractivity contribution is 0.0684. The van der Waals surface area contributed by atoms with Gasteiger partial charge < -0.3 is 10.1 Å². The van der Waals surface area contributed by atoms with Gasteiger partial charge in [-0.2, -0.15) is 0 Å². The topological polar surface area (TPSA) is 66.0 Å². The number of H-pyrrole nitrogens is 1. The molecular weight excluding hydrogens is 192 g/mol. The van der Waals surface area contributed by atoms with E-state index in [2.05, 4.69) is 9.97 Å². The molecular formula is C11H10N2O2. The van der Waals surface area contributed by atoms with Gasteiger partial charge in [-0.15, -0.1) is 0 Å². The van der Waals surface area contributed by atoms with Crippen molar-refractivity contribution in [2.24, 2.45) is 0 Å². The highest BCUT2D eigenvalue weighted by molar-refractivity contribution is 5.83. The second-order valence-corrected chi connectivity index (χ2v) is 3.22. The molecule has 4 heteroatoms. The quantitative estimate of drug-likeness (QED) is 0.796. The molecule has 2 N–H and O–H groups in total. The first-order chi connectivity index (χ1) is 7.25. The zero-order chi connectivity index (χ0) is 10.7. The van der Waals surface area contributed by atoms with Gasteiger partial charge in [0.05, 0.1) is 0 Å². The molecule has 4 nitrogen and oxygen atoms in total. The number of carboxylic acid groups (broad SMARTS) is 1. The number of hydrogen-bond donors (Lipinski definition) is 2. The van der Waals surface area contributed by atoms with Gasteiger partial charge in [-0.05, 0) is 5.56 Å². The van der Waals surface area contributed by atoms with Crippen LogP contribution < -0.4 is 0 Å². The van der Waals surface area contributed by atoms with Gasteiger partial charge in [0.15, 0.2) is 0 Å². The monoisotopic (exact) mass is 202 g/mol. The van der Waals surface area contributed by atoms with E-state index in [0.29, 0.717) is 6.42 Å². The molecule has 0 aliphatic rings. The Balaban J connectivity index is 2.15. The number of carboxylic acids is 1. The maximum absolute atomic E-state index is 10.6. The summed E-state index contributed by atoms with van der Waals surface area (Å²) < 4.78 is 0. The van der Waals surface area contributed by atoms with Crippen molar-refractivity contribution in [2.75, 3.05) is 0 Å². The Morgan fingerprint density at radius 1 is 1.33 bits per heavy atom. The third-order valence-corrected chi connectivity index (χ3v) is 2.07. The summed E-state index contributed by atoms with van der Waals surface area (Å²) in [5.41, 5.74) is 1.93. The number of rotatable bonds is 3. The van der Waals surface area contributed by atoms with E-state index in [1.807, 2.05) is 30.3 Å². The number of nitrogens with one attached hydrogen (secondary N) is 1. The average Bonchev–Trinajstić information content (AvgIpc) is 2.68. The largest absolute Gasteiger partial charge is 0.475 e. The SMILES string of the molecule is O=C(O)c1ncc(Cc2ccccc2)[nH]1. The Labute approximate surface area is 86.6 Å². The van der Waals surface area contributed by atoms with Crippen LogP contribution in [-0.2, 0) is 6.42 Å². The molecule has 15 heavy (non-hydrogen) atoms. The van der Waals surface area contributed by atoms with E-state index < -0.39 is 5.97 Å². The Morgan fingerprint density at radius 3 is 2.67 bits per heavy atom. The Morgan fingerprint density at radius 2 is 2.07 bits per heavy atom. The molecule has 1 aromatic carbocycles. The van der Waals surface area contributed by atoms with Gasteiger partial charge in [-0.25, -0.2) is 9.78 Å². The minimum absolute atomic E-state index is 0.0130. The van der Waals surface area contributed by atoms with Gasteiger partial charge in [-0.3, -0.25) is 0 Å². The number of aromatic nitrogens is 2. The molecule has 0 saturated carbocycles. The lowest BCUT2D eigenvalue weighted by atomic mass is 10.1. The maximum Gasteiger partial charge on any atom is 0.371 e. The first-order valence-electron chi connectivity index (χ1n) is 4.57.